The summed E-state index contributed by atoms with van der Waals surface area (Å²) in [7, 11) is 0. The molecule has 0 spiro atoms. The van der Waals surface area contributed by atoms with Gasteiger partial charge in [0.05, 0.1) is 11.0 Å². The molecule has 2 aromatic heterocycles. The number of benzene rings is 9. The van der Waals surface area contributed by atoms with Crippen LogP contribution in [0.5, 0.6) is 0 Å². The maximum Gasteiger partial charge on any atom is 0.164 e. The highest BCUT2D eigenvalue weighted by Crippen LogP contribution is 2.45. The fraction of sp³-hybridized carbons (Fsp3) is 0.260. The van der Waals surface area contributed by atoms with Gasteiger partial charge in [0, 0.05) is 67.3 Å². The van der Waals surface area contributed by atoms with Gasteiger partial charge in [-0.25, -0.2) is 15.0 Å². The van der Waals surface area contributed by atoms with Gasteiger partial charge in [0.25, 0.3) is 0 Å². The van der Waals surface area contributed by atoms with Crippen molar-refractivity contribution in [1.82, 2.24) is 19.5 Å². The van der Waals surface area contributed by atoms with E-state index in [-0.39, 0.29) is 0 Å². The molecule has 2 aliphatic rings. The van der Waals surface area contributed by atoms with Crippen LogP contribution < -0.4 is 9.80 Å². The highest BCUT2D eigenvalue weighted by atomic mass is 15.2. The molecule has 0 radical (unpaired) electrons. The van der Waals surface area contributed by atoms with Gasteiger partial charge in [-0.15, -0.1) is 0 Å². The van der Waals surface area contributed by atoms with Crippen molar-refractivity contribution < 1.29 is 0 Å². The van der Waals surface area contributed by atoms with Gasteiger partial charge in [0.2, 0.25) is 0 Å². The van der Waals surface area contributed by atoms with Crippen molar-refractivity contribution in [3.8, 4) is 39.9 Å². The molecule has 0 aliphatic heterocycles. The summed E-state index contributed by atoms with van der Waals surface area (Å²) < 4.78 is 2.43. The number of hydrogen-bond acceptors (Lipinski definition) is 5. The van der Waals surface area contributed by atoms with Crippen LogP contribution >= 0.6 is 0 Å². The minimum absolute atomic E-state index is 0.628. The van der Waals surface area contributed by atoms with E-state index in [1.165, 1.54) is 131 Å². The van der Waals surface area contributed by atoms with Crippen LogP contribution in [0.2, 0.25) is 0 Å². The van der Waals surface area contributed by atoms with Gasteiger partial charge in [-0.05, 0) is 258 Å². The van der Waals surface area contributed by atoms with E-state index < -0.39 is 0 Å². The topological polar surface area (TPSA) is 50.1 Å². The Kier molecular flexibility index (Phi) is 14.6. The summed E-state index contributed by atoms with van der Waals surface area (Å²) in [6, 6.07) is 68.6. The second kappa shape index (κ2) is 22.6. The number of hydrogen-bond donors (Lipinski definition) is 0. The van der Waals surface area contributed by atoms with E-state index in [0.29, 0.717) is 29.3 Å². The van der Waals surface area contributed by atoms with E-state index in [9.17, 15) is 0 Å². The first-order valence-electron chi connectivity index (χ1n) is 30.4. The molecule has 0 N–H and O–H groups in total. The van der Waals surface area contributed by atoms with E-state index in [1.54, 1.807) is 0 Å². The fourth-order valence-corrected chi connectivity index (χ4v) is 14.0. The summed E-state index contributed by atoms with van der Waals surface area (Å²) in [5.74, 6) is 3.31. The summed E-state index contributed by atoms with van der Waals surface area (Å²) in [6.07, 6.45) is 13.0. The molecule has 83 heavy (non-hydrogen) atoms. The van der Waals surface area contributed by atoms with Crippen molar-refractivity contribution in [2.75, 3.05) is 9.80 Å². The summed E-state index contributed by atoms with van der Waals surface area (Å²) in [5, 5.41) is 2.33. The molecule has 9 aromatic carbocycles. The molecular formula is C77H76N6. The Morgan fingerprint density at radius 2 is 0.590 bits per heavy atom. The smallest absolute Gasteiger partial charge is 0.164 e. The van der Waals surface area contributed by atoms with Crippen LogP contribution in [0.15, 0.2) is 182 Å². The van der Waals surface area contributed by atoms with Crippen molar-refractivity contribution in [2.24, 2.45) is 0 Å². The number of anilines is 6. The Hall–Kier alpha value is -8.61. The molecule has 6 nitrogen and oxygen atoms in total. The van der Waals surface area contributed by atoms with E-state index in [0.717, 1.165) is 67.5 Å². The lowest BCUT2D eigenvalue weighted by molar-refractivity contribution is 0.443. The van der Waals surface area contributed by atoms with Gasteiger partial charge in [0.15, 0.2) is 17.5 Å². The molecule has 0 atom stereocenters. The van der Waals surface area contributed by atoms with Crippen LogP contribution in [0.25, 0.3) is 61.7 Å². The zero-order valence-corrected chi connectivity index (χ0v) is 49.7. The van der Waals surface area contributed by atoms with Crippen molar-refractivity contribution in [2.45, 2.75) is 131 Å². The number of aromatic nitrogens is 4. The molecule has 11 aromatic rings. The van der Waals surface area contributed by atoms with Gasteiger partial charge in [-0.1, -0.05) is 111 Å². The van der Waals surface area contributed by atoms with Crippen LogP contribution in [-0.2, 0) is 0 Å². The first kappa shape index (κ1) is 53.7. The number of fused-ring (bicyclic) bond motifs is 3. The molecule has 2 aliphatic carbocycles. The Labute approximate surface area is 491 Å². The van der Waals surface area contributed by atoms with Crippen LogP contribution in [0, 0.1) is 55.4 Å². The third kappa shape index (κ3) is 11.1. The largest absolute Gasteiger partial charge is 0.310 e. The van der Waals surface area contributed by atoms with E-state index in [4.69, 9.17) is 15.0 Å². The second-order valence-corrected chi connectivity index (χ2v) is 24.6. The van der Waals surface area contributed by atoms with Crippen LogP contribution in [-0.4, -0.2) is 19.5 Å². The molecule has 0 amide bonds. The van der Waals surface area contributed by atoms with Gasteiger partial charge in [-0.3, -0.25) is 0 Å². The van der Waals surface area contributed by atoms with Crippen molar-refractivity contribution in [1.29, 1.82) is 0 Å². The molecular weight excluding hydrogens is 1010 g/mol. The molecule has 13 rings (SSSR count). The maximum atomic E-state index is 5.28. The van der Waals surface area contributed by atoms with E-state index >= 15 is 0 Å². The van der Waals surface area contributed by atoms with E-state index in [1.807, 2.05) is 0 Å². The van der Waals surface area contributed by atoms with Gasteiger partial charge >= 0.3 is 0 Å². The molecule has 2 fully saturated rings. The predicted molar refractivity (Wildman–Crippen MR) is 349 cm³/mol. The molecule has 2 saturated carbocycles. The zero-order valence-electron chi connectivity index (χ0n) is 49.7. The Morgan fingerprint density at radius 3 is 0.892 bits per heavy atom. The molecule has 414 valence electrons. The number of aryl methyl sites for hydroxylation is 8. The zero-order chi connectivity index (χ0) is 56.9. The number of rotatable bonds is 12. The first-order chi connectivity index (χ1) is 40.3. The van der Waals surface area contributed by atoms with Crippen molar-refractivity contribution in [3.63, 3.8) is 0 Å². The van der Waals surface area contributed by atoms with Crippen LogP contribution in [0.3, 0.4) is 0 Å². The first-order valence-corrected chi connectivity index (χ1v) is 30.4. The lowest BCUT2D eigenvalue weighted by atomic mass is 9.84. The monoisotopic (exact) mass is 1080 g/mol. The minimum atomic E-state index is 0.628. The molecule has 0 unspecified atom stereocenters. The highest BCUT2D eigenvalue weighted by molar-refractivity contribution is 6.12. The van der Waals surface area contributed by atoms with Crippen molar-refractivity contribution in [3.05, 3.63) is 238 Å². The summed E-state index contributed by atoms with van der Waals surface area (Å²) in [5.41, 5.74) is 25.7. The fourth-order valence-electron chi connectivity index (χ4n) is 14.0. The summed E-state index contributed by atoms with van der Waals surface area (Å²) in [6.45, 7) is 17.6. The average Bonchev–Trinajstić information content (AvgIpc) is 2.23. The lowest BCUT2D eigenvalue weighted by Crippen LogP contribution is -2.11. The average molecular weight is 1090 g/mol. The van der Waals surface area contributed by atoms with Crippen LogP contribution in [0.4, 0.5) is 34.1 Å². The Balaban J connectivity index is 0.965. The normalized spacial score (nSPS) is 14.2. The Bertz CT molecular complexity index is 3770. The molecule has 0 saturated heterocycles. The molecule has 0 bridgehead atoms. The summed E-state index contributed by atoms with van der Waals surface area (Å²) >= 11 is 0. The second-order valence-electron chi connectivity index (χ2n) is 24.6. The maximum absolute atomic E-state index is 5.28. The summed E-state index contributed by atoms with van der Waals surface area (Å²) in [4.78, 5) is 20.7. The highest BCUT2D eigenvalue weighted by Gasteiger charge is 2.24. The van der Waals surface area contributed by atoms with Gasteiger partial charge < -0.3 is 14.4 Å². The minimum Gasteiger partial charge on any atom is -0.310 e. The molecule has 2 heterocycles. The Morgan fingerprint density at radius 1 is 0.301 bits per heavy atom. The SMILES string of the molecule is Cc1cc(C)cc(N(c2cc(C)cc(C)c2)c2ccc3c(c2)c2cc(N(c4cc(C)cc(C)c4)c4cc(C)cc(C)c4)ccc2n3-c2ccc(-c3nc(-c4ccc(C5CCCCC5)cc4)nc(-c4ccc(C5CCCCC5)cc4)n3)cc2)c1. The van der Waals surface area contributed by atoms with Gasteiger partial charge in [0.1, 0.15) is 0 Å². The third-order valence-corrected chi connectivity index (χ3v) is 17.6. The van der Waals surface area contributed by atoms with E-state index in [2.05, 4.69) is 252 Å². The lowest BCUT2D eigenvalue weighted by Gasteiger charge is -2.27. The predicted octanol–water partition coefficient (Wildman–Crippen LogP) is 21.5. The molecule has 6 heteroatoms. The van der Waals surface area contributed by atoms with Gasteiger partial charge in [-0.2, -0.15) is 0 Å². The number of nitrogens with zero attached hydrogens (tertiary/aromatic N) is 6. The standard InChI is InChI=1S/C77H76N6/c1-49-35-50(2)40-67(39-49)81(68-41-51(3)36-52(4)42-68)65-31-33-73-71(47-65)72-48-66(82(69-43-53(5)37-54(6)44-69)70-45-55(7)38-56(8)46-70)32-34-74(72)83(73)64-29-27-63(28-30-64)77-79-75(61-23-19-59(20-24-61)57-15-11-9-12-16-57)78-76(80-77)62-25-21-60(22-26-62)58-17-13-10-14-18-58/h19-48,57-58H,9-18H2,1-8H3. The third-order valence-electron chi connectivity index (χ3n) is 17.6. The quantitative estimate of drug-likeness (QED) is 0.122. The van der Waals surface area contributed by atoms with Crippen LogP contribution in [0.1, 0.15) is 132 Å². The van der Waals surface area contributed by atoms with Crippen molar-refractivity contribution >= 4 is 55.9 Å².